The van der Waals surface area contributed by atoms with Crippen molar-refractivity contribution in [1.82, 2.24) is 13.3 Å². The quantitative estimate of drug-likeness (QED) is 0.809. The van der Waals surface area contributed by atoms with E-state index in [9.17, 15) is 13.5 Å². The first-order valence-electron chi connectivity index (χ1n) is 5.08. The molecule has 1 unspecified atom stereocenters. The molecular formula is C9H15N3O3S. The molecule has 90 valence electrons. The molecule has 1 fully saturated rings. The van der Waals surface area contributed by atoms with Crippen LogP contribution in [-0.2, 0) is 10.2 Å². The Hall–Kier alpha value is -0.920. The molecule has 0 amide bonds. The van der Waals surface area contributed by atoms with E-state index >= 15 is 0 Å². The molecule has 1 heterocycles. The smallest absolute Gasteiger partial charge is 0.308 e. The second-order valence-electron chi connectivity index (χ2n) is 4.20. The first kappa shape index (κ1) is 11.6. The molecule has 7 heteroatoms. The third-order valence-electron chi connectivity index (χ3n) is 2.68. The zero-order valence-corrected chi connectivity index (χ0v) is 10.1. The fourth-order valence-corrected chi connectivity index (χ4v) is 2.23. The molecule has 6 nitrogen and oxygen atoms in total. The number of hydrogen-bond acceptors (Lipinski definition) is 4. The van der Waals surface area contributed by atoms with Gasteiger partial charge in [0.15, 0.2) is 0 Å². The van der Waals surface area contributed by atoms with Crippen LogP contribution >= 0.6 is 0 Å². The van der Waals surface area contributed by atoms with Crippen LogP contribution < -0.4 is 0 Å². The van der Waals surface area contributed by atoms with Gasteiger partial charge in [0.25, 0.3) is 0 Å². The van der Waals surface area contributed by atoms with Crippen LogP contribution in [0.15, 0.2) is 12.5 Å². The summed E-state index contributed by atoms with van der Waals surface area (Å²) in [5.41, 5.74) is 0.424. The van der Waals surface area contributed by atoms with Crippen molar-refractivity contribution in [3.05, 3.63) is 18.2 Å². The third kappa shape index (κ3) is 1.98. The maximum Gasteiger partial charge on any atom is 0.308 e. The minimum atomic E-state index is -3.52. The molecule has 1 aliphatic rings. The zero-order valence-electron chi connectivity index (χ0n) is 9.24. The van der Waals surface area contributed by atoms with Crippen LogP contribution in [0.2, 0.25) is 0 Å². The van der Waals surface area contributed by atoms with E-state index in [4.69, 9.17) is 0 Å². The number of aliphatic hydroxyl groups is 1. The van der Waals surface area contributed by atoms with Gasteiger partial charge < -0.3 is 5.11 Å². The minimum absolute atomic E-state index is 0.241. The first-order valence-corrected chi connectivity index (χ1v) is 6.47. The summed E-state index contributed by atoms with van der Waals surface area (Å²) in [7, 11) is -0.617. The number of aliphatic hydroxyl groups excluding tert-OH is 1. The highest BCUT2D eigenvalue weighted by atomic mass is 32.2. The molecule has 2 rings (SSSR count). The highest BCUT2D eigenvalue weighted by Crippen LogP contribution is 2.40. The van der Waals surface area contributed by atoms with E-state index < -0.39 is 16.3 Å². The molecule has 1 saturated carbocycles. The van der Waals surface area contributed by atoms with Crippen molar-refractivity contribution in [2.24, 2.45) is 5.92 Å². The summed E-state index contributed by atoms with van der Waals surface area (Å²) in [6.07, 6.45) is 3.91. The SMILES string of the molecule is CN(C)S(=O)(=O)n1cnc(C(O)C2CC2)c1. The second-order valence-corrected chi connectivity index (χ2v) is 6.25. The molecule has 0 aliphatic heterocycles. The predicted octanol–water partition coefficient (Wildman–Crippen LogP) is -0.0190. The molecule has 0 aromatic carbocycles. The van der Waals surface area contributed by atoms with Gasteiger partial charge in [-0.1, -0.05) is 0 Å². The van der Waals surface area contributed by atoms with Gasteiger partial charge in [0.1, 0.15) is 12.4 Å². The number of aromatic nitrogens is 2. The van der Waals surface area contributed by atoms with Gasteiger partial charge in [0.05, 0.1) is 5.69 Å². The van der Waals surface area contributed by atoms with Crippen LogP contribution in [-0.4, -0.2) is 40.9 Å². The Kier molecular flexibility index (Phi) is 2.77. The molecule has 0 spiro atoms. The Morgan fingerprint density at radius 3 is 2.69 bits per heavy atom. The first-order chi connectivity index (χ1) is 7.43. The van der Waals surface area contributed by atoms with E-state index in [-0.39, 0.29) is 5.92 Å². The van der Waals surface area contributed by atoms with Crippen LogP contribution in [0.25, 0.3) is 0 Å². The highest BCUT2D eigenvalue weighted by Gasteiger charge is 2.32. The lowest BCUT2D eigenvalue weighted by atomic mass is 10.2. The number of nitrogens with zero attached hydrogens (tertiary/aromatic N) is 3. The van der Waals surface area contributed by atoms with Gasteiger partial charge in [-0.05, 0) is 18.8 Å². The molecule has 1 aliphatic carbocycles. The fraction of sp³-hybridized carbons (Fsp3) is 0.667. The van der Waals surface area contributed by atoms with E-state index in [2.05, 4.69) is 4.98 Å². The second kappa shape index (κ2) is 3.83. The number of imidazole rings is 1. The van der Waals surface area contributed by atoms with Crippen molar-refractivity contribution in [3.8, 4) is 0 Å². The van der Waals surface area contributed by atoms with Crippen LogP contribution in [0.5, 0.6) is 0 Å². The molecular weight excluding hydrogens is 230 g/mol. The van der Waals surface area contributed by atoms with Crippen molar-refractivity contribution in [2.45, 2.75) is 18.9 Å². The minimum Gasteiger partial charge on any atom is -0.386 e. The molecule has 1 aromatic rings. The average Bonchev–Trinajstić information content (AvgIpc) is 2.93. The maximum absolute atomic E-state index is 11.7. The monoisotopic (exact) mass is 245 g/mol. The summed E-state index contributed by atoms with van der Waals surface area (Å²) in [6.45, 7) is 0. The summed E-state index contributed by atoms with van der Waals surface area (Å²) < 4.78 is 25.6. The van der Waals surface area contributed by atoms with E-state index in [0.29, 0.717) is 5.69 Å². The maximum atomic E-state index is 11.7. The average molecular weight is 245 g/mol. The molecule has 0 saturated heterocycles. The summed E-state index contributed by atoms with van der Waals surface area (Å²) in [6, 6.07) is 0. The van der Waals surface area contributed by atoms with Crippen molar-refractivity contribution < 1.29 is 13.5 Å². The van der Waals surface area contributed by atoms with Crippen molar-refractivity contribution in [3.63, 3.8) is 0 Å². The summed E-state index contributed by atoms with van der Waals surface area (Å²) in [5, 5.41) is 9.79. The normalized spacial score (nSPS) is 19.0. The van der Waals surface area contributed by atoms with Gasteiger partial charge in [-0.3, -0.25) is 0 Å². The van der Waals surface area contributed by atoms with Crippen LogP contribution in [0.4, 0.5) is 0 Å². The number of rotatable bonds is 4. The van der Waals surface area contributed by atoms with Gasteiger partial charge in [0.2, 0.25) is 0 Å². The lowest BCUT2D eigenvalue weighted by Crippen LogP contribution is -2.27. The van der Waals surface area contributed by atoms with E-state index in [1.165, 1.54) is 26.6 Å². The molecule has 16 heavy (non-hydrogen) atoms. The highest BCUT2D eigenvalue weighted by molar-refractivity contribution is 7.87. The standard InChI is InChI=1S/C9H15N3O3S/c1-11(2)16(14,15)12-5-8(10-6-12)9(13)7-3-4-7/h5-7,9,13H,3-4H2,1-2H3. The Labute approximate surface area is 94.7 Å². The summed E-state index contributed by atoms with van der Waals surface area (Å²) >= 11 is 0. The Morgan fingerprint density at radius 1 is 1.56 bits per heavy atom. The van der Waals surface area contributed by atoms with Gasteiger partial charge in [-0.2, -0.15) is 12.7 Å². The van der Waals surface area contributed by atoms with Crippen molar-refractivity contribution >= 4 is 10.2 Å². The predicted molar refractivity (Wildman–Crippen MR) is 57.9 cm³/mol. The molecule has 1 atom stereocenters. The molecule has 1 aromatic heterocycles. The largest absolute Gasteiger partial charge is 0.386 e. The van der Waals surface area contributed by atoms with Crippen LogP contribution in [0.1, 0.15) is 24.6 Å². The van der Waals surface area contributed by atoms with Gasteiger partial charge in [-0.15, -0.1) is 0 Å². The van der Waals surface area contributed by atoms with Crippen molar-refractivity contribution in [1.29, 1.82) is 0 Å². The Morgan fingerprint density at radius 2 is 2.19 bits per heavy atom. The number of hydrogen-bond donors (Lipinski definition) is 1. The molecule has 0 bridgehead atoms. The Bertz CT molecular complexity index is 476. The van der Waals surface area contributed by atoms with E-state index in [1.54, 1.807) is 0 Å². The zero-order chi connectivity index (χ0) is 11.9. The van der Waals surface area contributed by atoms with Gasteiger partial charge in [-0.25, -0.2) is 8.96 Å². The lowest BCUT2D eigenvalue weighted by molar-refractivity contribution is 0.149. The third-order valence-corrected chi connectivity index (χ3v) is 4.33. The summed E-state index contributed by atoms with van der Waals surface area (Å²) in [4.78, 5) is 3.93. The van der Waals surface area contributed by atoms with Crippen LogP contribution in [0, 0.1) is 5.92 Å². The van der Waals surface area contributed by atoms with E-state index in [1.807, 2.05) is 0 Å². The molecule has 0 radical (unpaired) electrons. The van der Waals surface area contributed by atoms with Crippen LogP contribution in [0.3, 0.4) is 0 Å². The fourth-order valence-electron chi connectivity index (χ4n) is 1.44. The van der Waals surface area contributed by atoms with E-state index in [0.717, 1.165) is 21.1 Å². The van der Waals surface area contributed by atoms with Gasteiger partial charge in [0, 0.05) is 20.3 Å². The summed E-state index contributed by atoms with van der Waals surface area (Å²) in [5.74, 6) is 0.241. The van der Waals surface area contributed by atoms with Crippen molar-refractivity contribution in [2.75, 3.05) is 14.1 Å². The topological polar surface area (TPSA) is 75.4 Å². The molecule has 1 N–H and O–H groups in total. The lowest BCUT2D eigenvalue weighted by Gasteiger charge is -2.11. The Balaban J connectivity index is 2.25. The van der Waals surface area contributed by atoms with Gasteiger partial charge >= 0.3 is 10.2 Å².